The molecule has 1 amide bonds. The number of primary amides is 1. The predicted molar refractivity (Wildman–Crippen MR) is 63.4 cm³/mol. The maximum atomic E-state index is 8.90. The van der Waals surface area contributed by atoms with E-state index in [1.165, 1.54) is 5.56 Å². The van der Waals surface area contributed by atoms with E-state index in [0.717, 1.165) is 17.7 Å². The maximum absolute atomic E-state index is 8.90. The Morgan fingerprint density at radius 1 is 1.50 bits per heavy atom. The minimum absolute atomic E-state index is 0.174. The third kappa shape index (κ3) is 4.31. The molecule has 0 aliphatic heterocycles. The number of benzene rings is 1. The lowest BCUT2D eigenvalue weighted by Gasteiger charge is -2.11. The molecule has 0 aromatic heterocycles. The average molecular weight is 225 g/mol. The van der Waals surface area contributed by atoms with Crippen LogP contribution < -0.4 is 10.5 Å². The number of methoxy groups -OCH3 is 1. The van der Waals surface area contributed by atoms with Gasteiger partial charge in [-0.25, -0.2) is 0 Å². The number of aliphatic hydroxyl groups excluding tert-OH is 1. The van der Waals surface area contributed by atoms with Gasteiger partial charge in [-0.05, 0) is 30.0 Å². The van der Waals surface area contributed by atoms with E-state index in [4.69, 9.17) is 14.6 Å². The summed E-state index contributed by atoms with van der Waals surface area (Å²) in [5.74, 6) is 0.883. The Morgan fingerprint density at radius 3 is 2.56 bits per heavy atom. The van der Waals surface area contributed by atoms with Crippen molar-refractivity contribution in [3.05, 3.63) is 29.3 Å². The van der Waals surface area contributed by atoms with Crippen LogP contribution in [0.5, 0.6) is 5.75 Å². The summed E-state index contributed by atoms with van der Waals surface area (Å²) in [7, 11) is 1.66. The highest BCUT2D eigenvalue weighted by Crippen LogP contribution is 2.22. The number of hydrogen-bond donors (Lipinski definition) is 2. The van der Waals surface area contributed by atoms with Gasteiger partial charge < -0.3 is 15.6 Å². The lowest BCUT2D eigenvalue weighted by molar-refractivity contribution is -0.106. The Morgan fingerprint density at radius 2 is 2.12 bits per heavy atom. The highest BCUT2D eigenvalue weighted by atomic mass is 16.5. The van der Waals surface area contributed by atoms with Gasteiger partial charge in [-0.15, -0.1) is 0 Å². The van der Waals surface area contributed by atoms with Gasteiger partial charge in [0.25, 0.3) is 0 Å². The molecule has 0 spiro atoms. The Balaban J connectivity index is 0.000000673. The molecule has 0 saturated carbocycles. The molecule has 0 atom stereocenters. The molecule has 0 saturated heterocycles. The van der Waals surface area contributed by atoms with Crippen LogP contribution in [0.15, 0.2) is 18.2 Å². The largest absolute Gasteiger partial charge is 0.496 e. The molecule has 3 N–H and O–H groups in total. The quantitative estimate of drug-likeness (QED) is 0.747. The van der Waals surface area contributed by atoms with Gasteiger partial charge >= 0.3 is 0 Å². The lowest BCUT2D eigenvalue weighted by atomic mass is 10.0. The van der Waals surface area contributed by atoms with E-state index in [-0.39, 0.29) is 13.0 Å². The monoisotopic (exact) mass is 225 g/mol. The molecule has 1 rings (SSSR count). The molecule has 0 radical (unpaired) electrons. The normalized spacial score (nSPS) is 8.94. The molecule has 0 aliphatic rings. The summed E-state index contributed by atoms with van der Waals surface area (Å²) in [6, 6.07) is 6.00. The number of aliphatic hydroxyl groups is 1. The fourth-order valence-electron chi connectivity index (χ4n) is 1.53. The zero-order chi connectivity index (χ0) is 12.4. The number of amides is 1. The smallest absolute Gasteiger partial charge is 0.204 e. The second kappa shape index (κ2) is 8.73. The van der Waals surface area contributed by atoms with E-state index >= 15 is 0 Å². The highest BCUT2D eigenvalue weighted by Gasteiger charge is 2.06. The predicted octanol–water partition coefficient (Wildman–Crippen LogP) is 0.894. The Kier molecular flexibility index (Phi) is 7.89. The Bertz CT molecular complexity index is 291. The lowest BCUT2D eigenvalue weighted by Crippen LogP contribution is -2.00. The molecular weight excluding hydrogens is 206 g/mol. The third-order valence-electron chi connectivity index (χ3n) is 2.19. The van der Waals surface area contributed by atoms with Crippen LogP contribution in [0.3, 0.4) is 0 Å². The van der Waals surface area contributed by atoms with E-state index in [1.54, 1.807) is 7.11 Å². The van der Waals surface area contributed by atoms with Crippen LogP contribution in [0.4, 0.5) is 0 Å². The molecule has 1 aromatic rings. The van der Waals surface area contributed by atoms with Crippen molar-refractivity contribution >= 4 is 6.41 Å². The van der Waals surface area contributed by atoms with Gasteiger partial charge in [-0.1, -0.05) is 19.1 Å². The molecular formula is C12H19NO3. The topological polar surface area (TPSA) is 72.6 Å². The van der Waals surface area contributed by atoms with Crippen LogP contribution >= 0.6 is 0 Å². The van der Waals surface area contributed by atoms with E-state index in [0.29, 0.717) is 6.42 Å². The first kappa shape index (κ1) is 14.5. The fraction of sp³-hybridized carbons (Fsp3) is 0.417. The van der Waals surface area contributed by atoms with Gasteiger partial charge in [0.15, 0.2) is 0 Å². The third-order valence-corrected chi connectivity index (χ3v) is 2.19. The number of carbonyl (C=O) groups is 1. The zero-order valence-corrected chi connectivity index (χ0v) is 9.77. The van der Waals surface area contributed by atoms with Gasteiger partial charge in [-0.3, -0.25) is 4.79 Å². The molecule has 0 aliphatic carbocycles. The number of rotatable bonds is 4. The van der Waals surface area contributed by atoms with E-state index < -0.39 is 0 Å². The van der Waals surface area contributed by atoms with Crippen LogP contribution in [0.1, 0.15) is 18.1 Å². The summed E-state index contributed by atoms with van der Waals surface area (Å²) < 4.78 is 5.23. The molecule has 0 unspecified atom stereocenters. The second-order valence-corrected chi connectivity index (χ2v) is 3.06. The molecule has 0 fully saturated rings. The van der Waals surface area contributed by atoms with Gasteiger partial charge in [0.05, 0.1) is 7.11 Å². The summed E-state index contributed by atoms with van der Waals surface area (Å²) in [5, 5.41) is 8.90. The van der Waals surface area contributed by atoms with Crippen LogP contribution in [0.2, 0.25) is 0 Å². The number of ether oxygens (including phenoxy) is 1. The number of hydrogen-bond acceptors (Lipinski definition) is 3. The first-order chi connectivity index (χ1) is 7.74. The van der Waals surface area contributed by atoms with Crippen molar-refractivity contribution in [1.29, 1.82) is 0 Å². The number of carbonyl (C=O) groups excluding carboxylic acids is 1. The molecule has 4 heteroatoms. The Hall–Kier alpha value is -1.55. The van der Waals surface area contributed by atoms with Gasteiger partial charge in [-0.2, -0.15) is 0 Å². The number of aryl methyl sites for hydroxylation is 1. The zero-order valence-electron chi connectivity index (χ0n) is 9.77. The van der Waals surface area contributed by atoms with E-state index in [2.05, 4.69) is 18.7 Å². The van der Waals surface area contributed by atoms with Crippen molar-refractivity contribution in [1.82, 2.24) is 0 Å². The van der Waals surface area contributed by atoms with Crippen LogP contribution in [-0.2, 0) is 17.6 Å². The van der Waals surface area contributed by atoms with Crippen molar-refractivity contribution < 1.29 is 14.6 Å². The van der Waals surface area contributed by atoms with Crippen molar-refractivity contribution in [3.8, 4) is 5.75 Å². The SMILES string of the molecule is CCc1cccc(OC)c1CCO.NC=O. The first-order valence-electron chi connectivity index (χ1n) is 5.16. The van der Waals surface area contributed by atoms with Crippen molar-refractivity contribution in [2.45, 2.75) is 19.8 Å². The molecule has 4 nitrogen and oxygen atoms in total. The Labute approximate surface area is 96.0 Å². The van der Waals surface area contributed by atoms with Crippen LogP contribution in [0, 0.1) is 0 Å². The highest BCUT2D eigenvalue weighted by molar-refractivity contribution is 5.42. The summed E-state index contributed by atoms with van der Waals surface area (Å²) in [4.78, 5) is 8.58. The average Bonchev–Trinajstić information content (AvgIpc) is 2.31. The van der Waals surface area contributed by atoms with E-state index in [1.807, 2.05) is 12.1 Å². The molecule has 16 heavy (non-hydrogen) atoms. The number of nitrogens with two attached hydrogens (primary N) is 1. The minimum atomic E-state index is 0.174. The van der Waals surface area contributed by atoms with Crippen molar-refractivity contribution in [3.63, 3.8) is 0 Å². The summed E-state index contributed by atoms with van der Waals surface area (Å²) in [6.45, 7) is 2.28. The minimum Gasteiger partial charge on any atom is -0.496 e. The molecule has 90 valence electrons. The van der Waals surface area contributed by atoms with Crippen LogP contribution in [0.25, 0.3) is 0 Å². The van der Waals surface area contributed by atoms with Gasteiger partial charge in [0.2, 0.25) is 6.41 Å². The molecule has 0 bridgehead atoms. The summed E-state index contributed by atoms with van der Waals surface area (Å²) in [5.41, 5.74) is 6.56. The standard InChI is InChI=1S/C11H16O2.CH3NO/c1-3-9-5-4-6-11(13-2)10(9)7-8-12;2-1-3/h4-6,12H,3,7-8H2,1-2H3;1H,(H2,2,3). The van der Waals surface area contributed by atoms with Crippen molar-refractivity contribution in [2.24, 2.45) is 5.73 Å². The summed E-state index contributed by atoms with van der Waals surface area (Å²) >= 11 is 0. The van der Waals surface area contributed by atoms with Gasteiger partial charge in [0.1, 0.15) is 5.75 Å². The second-order valence-electron chi connectivity index (χ2n) is 3.06. The molecule has 0 heterocycles. The maximum Gasteiger partial charge on any atom is 0.204 e. The van der Waals surface area contributed by atoms with E-state index in [9.17, 15) is 0 Å². The molecule has 1 aromatic carbocycles. The fourth-order valence-corrected chi connectivity index (χ4v) is 1.53. The van der Waals surface area contributed by atoms with Gasteiger partial charge in [0, 0.05) is 6.61 Å². The van der Waals surface area contributed by atoms with Crippen molar-refractivity contribution in [2.75, 3.05) is 13.7 Å². The van der Waals surface area contributed by atoms with Crippen LogP contribution in [-0.4, -0.2) is 25.2 Å². The summed E-state index contributed by atoms with van der Waals surface area (Å²) in [6.07, 6.45) is 1.90. The first-order valence-corrected chi connectivity index (χ1v) is 5.16.